The third kappa shape index (κ3) is 4.92. The van der Waals surface area contributed by atoms with E-state index in [9.17, 15) is 4.79 Å². The molecule has 1 amide bonds. The second-order valence-corrected chi connectivity index (χ2v) is 5.68. The number of likely N-dealkylation sites (tertiary alicyclic amines) is 1. The van der Waals surface area contributed by atoms with Gasteiger partial charge in [-0.3, -0.25) is 4.79 Å². The average molecular weight is 354 g/mol. The van der Waals surface area contributed by atoms with Gasteiger partial charge in [0.05, 0.1) is 5.02 Å². The van der Waals surface area contributed by atoms with Crippen molar-refractivity contribution in [3.8, 4) is 5.75 Å². The number of hydrogen-bond donors (Lipinski definition) is 1. The molecule has 1 fully saturated rings. The average Bonchev–Trinajstić information content (AvgIpc) is 2.46. The Bertz CT molecular complexity index is 485. The Labute approximate surface area is 140 Å². The maximum atomic E-state index is 12.2. The fourth-order valence-electron chi connectivity index (χ4n) is 2.39. The van der Waals surface area contributed by atoms with Crippen LogP contribution in [0.5, 0.6) is 5.75 Å². The zero-order valence-corrected chi connectivity index (χ0v) is 13.9. The first kappa shape index (κ1) is 18.4. The molecule has 4 nitrogen and oxygen atoms in total. The lowest BCUT2D eigenvalue weighted by atomic mass is 10.0. The van der Waals surface area contributed by atoms with Crippen LogP contribution in [0.3, 0.4) is 0 Å². The Hall–Kier alpha value is -0.680. The molecule has 1 aliphatic rings. The van der Waals surface area contributed by atoms with E-state index in [4.69, 9.17) is 33.7 Å². The Kier molecular flexibility index (Phi) is 7.60. The highest BCUT2D eigenvalue weighted by Crippen LogP contribution is 2.27. The number of piperidine rings is 1. The van der Waals surface area contributed by atoms with Gasteiger partial charge in [-0.05, 0) is 37.5 Å². The first-order chi connectivity index (χ1) is 9.61. The number of hydrogen-bond acceptors (Lipinski definition) is 3. The van der Waals surface area contributed by atoms with Gasteiger partial charge in [-0.25, -0.2) is 0 Å². The van der Waals surface area contributed by atoms with Crippen LogP contribution in [-0.2, 0) is 4.79 Å². The zero-order valence-electron chi connectivity index (χ0n) is 11.6. The first-order valence-electron chi connectivity index (χ1n) is 6.69. The molecule has 1 atom stereocenters. The summed E-state index contributed by atoms with van der Waals surface area (Å²) >= 11 is 11.8. The Morgan fingerprint density at radius 3 is 2.81 bits per heavy atom. The normalized spacial score (nSPS) is 18.0. The van der Waals surface area contributed by atoms with Crippen molar-refractivity contribution in [2.45, 2.75) is 25.3 Å². The van der Waals surface area contributed by atoms with Gasteiger partial charge in [0.15, 0.2) is 6.61 Å². The lowest BCUT2D eigenvalue weighted by Gasteiger charge is -2.34. The predicted octanol–water partition coefficient (Wildman–Crippen LogP) is 3.13. The van der Waals surface area contributed by atoms with E-state index in [1.165, 1.54) is 0 Å². The van der Waals surface area contributed by atoms with Crippen LogP contribution in [0.25, 0.3) is 0 Å². The quantitative estimate of drug-likeness (QED) is 0.904. The van der Waals surface area contributed by atoms with Gasteiger partial charge in [0, 0.05) is 24.2 Å². The third-order valence-electron chi connectivity index (χ3n) is 3.46. The van der Waals surface area contributed by atoms with Crippen molar-refractivity contribution in [1.29, 1.82) is 0 Å². The molecule has 1 aliphatic heterocycles. The molecule has 1 heterocycles. The molecule has 118 valence electrons. The molecule has 0 bridgehead atoms. The van der Waals surface area contributed by atoms with E-state index in [0.717, 1.165) is 25.8 Å². The Morgan fingerprint density at radius 2 is 2.14 bits per heavy atom. The number of amides is 1. The predicted molar refractivity (Wildman–Crippen MR) is 87.6 cm³/mol. The van der Waals surface area contributed by atoms with E-state index in [0.29, 0.717) is 22.3 Å². The summed E-state index contributed by atoms with van der Waals surface area (Å²) in [6.07, 6.45) is 3.10. The van der Waals surface area contributed by atoms with Crippen LogP contribution in [0.1, 0.15) is 19.3 Å². The van der Waals surface area contributed by atoms with Crippen LogP contribution >= 0.6 is 35.6 Å². The molecule has 0 radical (unpaired) electrons. The van der Waals surface area contributed by atoms with E-state index in [1.807, 2.05) is 4.90 Å². The summed E-state index contributed by atoms with van der Waals surface area (Å²) in [6.45, 7) is 1.21. The number of carbonyl (C=O) groups is 1. The fourth-order valence-corrected chi connectivity index (χ4v) is 2.85. The molecule has 2 N–H and O–H groups in total. The van der Waals surface area contributed by atoms with Gasteiger partial charge in [-0.2, -0.15) is 0 Å². The minimum Gasteiger partial charge on any atom is -0.482 e. The molecule has 0 aromatic heterocycles. The molecular weight excluding hydrogens is 335 g/mol. The molecule has 1 aromatic rings. The Balaban J connectivity index is 0.00000220. The standard InChI is InChI=1S/C14H18Cl2N2O2.ClH/c15-10-4-5-13(12(16)7-10)20-9-14(19)18-6-2-1-3-11(18)8-17;/h4-5,7,11H,1-3,6,8-9,17H2;1H. The smallest absolute Gasteiger partial charge is 0.260 e. The van der Waals surface area contributed by atoms with Crippen molar-refractivity contribution in [2.24, 2.45) is 5.73 Å². The molecule has 1 unspecified atom stereocenters. The largest absolute Gasteiger partial charge is 0.482 e. The molecule has 2 rings (SSSR count). The molecule has 7 heteroatoms. The summed E-state index contributed by atoms with van der Waals surface area (Å²) in [5, 5.41) is 0.937. The highest BCUT2D eigenvalue weighted by molar-refractivity contribution is 6.35. The van der Waals surface area contributed by atoms with Gasteiger partial charge in [0.2, 0.25) is 0 Å². The summed E-state index contributed by atoms with van der Waals surface area (Å²) in [6, 6.07) is 5.05. The van der Waals surface area contributed by atoms with Crippen LogP contribution in [0, 0.1) is 0 Å². The number of nitrogens with zero attached hydrogens (tertiary/aromatic N) is 1. The van der Waals surface area contributed by atoms with Crippen molar-refractivity contribution in [3.05, 3.63) is 28.2 Å². The number of nitrogens with two attached hydrogens (primary N) is 1. The maximum absolute atomic E-state index is 12.2. The minimum absolute atomic E-state index is 0. The van der Waals surface area contributed by atoms with Gasteiger partial charge in [0.1, 0.15) is 5.75 Å². The zero-order chi connectivity index (χ0) is 14.5. The monoisotopic (exact) mass is 352 g/mol. The fraction of sp³-hybridized carbons (Fsp3) is 0.500. The van der Waals surface area contributed by atoms with Crippen LogP contribution in [0.4, 0.5) is 0 Å². The second kappa shape index (κ2) is 8.69. The van der Waals surface area contributed by atoms with Crippen molar-refractivity contribution >= 4 is 41.5 Å². The molecule has 0 saturated carbocycles. The maximum Gasteiger partial charge on any atom is 0.260 e. The number of carbonyl (C=O) groups excluding carboxylic acids is 1. The molecule has 21 heavy (non-hydrogen) atoms. The summed E-state index contributed by atoms with van der Waals surface area (Å²) in [5.74, 6) is 0.414. The third-order valence-corrected chi connectivity index (χ3v) is 4.00. The highest BCUT2D eigenvalue weighted by Gasteiger charge is 2.25. The van der Waals surface area contributed by atoms with E-state index >= 15 is 0 Å². The summed E-state index contributed by atoms with van der Waals surface area (Å²) in [5.41, 5.74) is 5.71. The number of rotatable bonds is 4. The van der Waals surface area contributed by atoms with Gasteiger partial charge in [-0.1, -0.05) is 23.2 Å². The van der Waals surface area contributed by atoms with Crippen molar-refractivity contribution in [3.63, 3.8) is 0 Å². The van der Waals surface area contributed by atoms with Crippen LogP contribution in [0.15, 0.2) is 18.2 Å². The minimum atomic E-state index is -0.0498. The van der Waals surface area contributed by atoms with E-state index < -0.39 is 0 Å². The molecule has 0 aliphatic carbocycles. The number of ether oxygens (including phenoxy) is 1. The van der Waals surface area contributed by atoms with E-state index in [1.54, 1.807) is 18.2 Å². The number of benzene rings is 1. The van der Waals surface area contributed by atoms with E-state index in [2.05, 4.69) is 0 Å². The SMILES string of the molecule is Cl.NCC1CCCCN1C(=O)COc1ccc(Cl)cc1Cl. The van der Waals surface area contributed by atoms with Gasteiger partial charge in [-0.15, -0.1) is 12.4 Å². The van der Waals surface area contributed by atoms with Gasteiger partial charge in [0.25, 0.3) is 5.91 Å². The van der Waals surface area contributed by atoms with E-state index in [-0.39, 0.29) is 31.0 Å². The van der Waals surface area contributed by atoms with Crippen molar-refractivity contribution < 1.29 is 9.53 Å². The topological polar surface area (TPSA) is 55.6 Å². The molecular formula is C14H19Cl3N2O2. The summed E-state index contributed by atoms with van der Waals surface area (Å²) < 4.78 is 5.48. The lowest BCUT2D eigenvalue weighted by molar-refractivity contribution is -0.136. The highest BCUT2D eigenvalue weighted by atomic mass is 35.5. The van der Waals surface area contributed by atoms with Crippen molar-refractivity contribution in [2.75, 3.05) is 19.7 Å². The molecule has 0 spiro atoms. The van der Waals surface area contributed by atoms with Crippen LogP contribution in [-0.4, -0.2) is 36.5 Å². The summed E-state index contributed by atoms with van der Waals surface area (Å²) in [4.78, 5) is 14.0. The van der Waals surface area contributed by atoms with Crippen LogP contribution in [0.2, 0.25) is 10.0 Å². The van der Waals surface area contributed by atoms with Gasteiger partial charge < -0.3 is 15.4 Å². The second-order valence-electron chi connectivity index (χ2n) is 4.84. The lowest BCUT2D eigenvalue weighted by Crippen LogP contribution is -2.49. The van der Waals surface area contributed by atoms with Crippen LogP contribution < -0.4 is 10.5 Å². The first-order valence-corrected chi connectivity index (χ1v) is 7.45. The Morgan fingerprint density at radius 1 is 1.38 bits per heavy atom. The van der Waals surface area contributed by atoms with Crippen molar-refractivity contribution in [1.82, 2.24) is 4.90 Å². The molecule has 1 aromatic carbocycles. The summed E-state index contributed by atoms with van der Waals surface area (Å²) in [7, 11) is 0. The van der Waals surface area contributed by atoms with Gasteiger partial charge >= 0.3 is 0 Å². The molecule has 1 saturated heterocycles. The number of halogens is 3.